The van der Waals surface area contributed by atoms with Crippen molar-refractivity contribution in [3.63, 3.8) is 0 Å². The van der Waals surface area contributed by atoms with Gasteiger partial charge < -0.3 is 5.32 Å². The number of nitrogens with one attached hydrogen (secondary N) is 1. The second-order valence-electron chi connectivity index (χ2n) is 5.54. The lowest BCUT2D eigenvalue weighted by Gasteiger charge is -2.18. The molecule has 2 heteroatoms. The van der Waals surface area contributed by atoms with Crippen LogP contribution in [0.1, 0.15) is 31.2 Å². The zero-order valence-electron chi connectivity index (χ0n) is 10.2. The topological polar surface area (TPSA) is 12.0 Å². The van der Waals surface area contributed by atoms with Gasteiger partial charge >= 0.3 is 0 Å². The quantitative estimate of drug-likeness (QED) is 0.845. The fourth-order valence-corrected chi connectivity index (χ4v) is 3.63. The van der Waals surface area contributed by atoms with Crippen molar-refractivity contribution in [2.24, 2.45) is 11.8 Å². The molecule has 2 aliphatic rings. The van der Waals surface area contributed by atoms with E-state index in [4.69, 9.17) is 0 Å². The maximum Gasteiger partial charge on any atom is 0.123 e. The first-order valence-corrected chi connectivity index (χ1v) is 6.81. The van der Waals surface area contributed by atoms with Crippen molar-refractivity contribution in [3.05, 3.63) is 35.6 Å². The summed E-state index contributed by atoms with van der Waals surface area (Å²) in [5.74, 6) is 1.71. The third-order valence-corrected chi connectivity index (χ3v) is 4.51. The Balaban J connectivity index is 1.57. The third-order valence-electron chi connectivity index (χ3n) is 4.51. The van der Waals surface area contributed by atoms with Crippen LogP contribution in [0.3, 0.4) is 0 Å². The van der Waals surface area contributed by atoms with Crippen LogP contribution in [-0.4, -0.2) is 12.6 Å². The number of hydrogen-bond donors (Lipinski definition) is 1. The summed E-state index contributed by atoms with van der Waals surface area (Å²) in [6.07, 6.45) is 6.37. The average Bonchev–Trinajstić information content (AvgIpc) is 2.89. The SMILES string of the molecule is Fc1cccc(CCC2NCC3CCCC32)c1. The van der Waals surface area contributed by atoms with Gasteiger partial charge in [0.25, 0.3) is 0 Å². The second-order valence-corrected chi connectivity index (χ2v) is 5.54. The van der Waals surface area contributed by atoms with Gasteiger partial charge in [-0.1, -0.05) is 18.6 Å². The van der Waals surface area contributed by atoms with E-state index in [9.17, 15) is 4.39 Å². The number of rotatable bonds is 3. The molecule has 17 heavy (non-hydrogen) atoms. The van der Waals surface area contributed by atoms with E-state index in [0.29, 0.717) is 6.04 Å². The van der Waals surface area contributed by atoms with E-state index in [2.05, 4.69) is 5.32 Å². The average molecular weight is 233 g/mol. The van der Waals surface area contributed by atoms with Crippen molar-refractivity contribution in [2.75, 3.05) is 6.54 Å². The smallest absolute Gasteiger partial charge is 0.123 e. The largest absolute Gasteiger partial charge is 0.313 e. The van der Waals surface area contributed by atoms with Crippen LogP contribution in [0.2, 0.25) is 0 Å². The Hall–Kier alpha value is -0.890. The molecule has 0 radical (unpaired) electrons. The van der Waals surface area contributed by atoms with Crippen molar-refractivity contribution in [1.29, 1.82) is 0 Å². The molecule has 3 atom stereocenters. The maximum atomic E-state index is 13.1. The molecule has 0 amide bonds. The normalized spacial score (nSPS) is 31.7. The summed E-state index contributed by atoms with van der Waals surface area (Å²) in [7, 11) is 0. The summed E-state index contributed by atoms with van der Waals surface area (Å²) in [6, 6.07) is 7.70. The molecule has 92 valence electrons. The van der Waals surface area contributed by atoms with E-state index < -0.39 is 0 Å². The molecule has 1 saturated carbocycles. The van der Waals surface area contributed by atoms with Crippen LogP contribution in [-0.2, 0) is 6.42 Å². The standard InChI is InChI=1S/C15H20FN/c16-13-5-1-3-11(9-13)7-8-15-14-6-2-4-12(14)10-17-15/h1,3,5,9,12,14-15,17H,2,4,6-8,10H2. The van der Waals surface area contributed by atoms with Gasteiger partial charge in [0, 0.05) is 6.04 Å². The molecule has 1 nitrogen and oxygen atoms in total. The van der Waals surface area contributed by atoms with Crippen LogP contribution >= 0.6 is 0 Å². The Morgan fingerprint density at radius 2 is 2.24 bits per heavy atom. The Morgan fingerprint density at radius 3 is 3.12 bits per heavy atom. The molecule has 1 N–H and O–H groups in total. The molecule has 1 aromatic carbocycles. The first-order valence-electron chi connectivity index (χ1n) is 6.81. The van der Waals surface area contributed by atoms with E-state index in [-0.39, 0.29) is 5.82 Å². The summed E-state index contributed by atoms with van der Waals surface area (Å²) < 4.78 is 13.1. The lowest BCUT2D eigenvalue weighted by Crippen LogP contribution is -2.27. The highest BCUT2D eigenvalue weighted by Gasteiger charge is 2.38. The summed E-state index contributed by atoms with van der Waals surface area (Å²) in [4.78, 5) is 0. The van der Waals surface area contributed by atoms with Crippen LogP contribution in [0.15, 0.2) is 24.3 Å². The molecule has 1 aliphatic carbocycles. The van der Waals surface area contributed by atoms with Gasteiger partial charge in [-0.05, 0) is 61.8 Å². The molecular weight excluding hydrogens is 213 g/mol. The summed E-state index contributed by atoms with van der Waals surface area (Å²) in [6.45, 7) is 1.21. The van der Waals surface area contributed by atoms with E-state index >= 15 is 0 Å². The Bertz CT molecular complexity index is 390. The van der Waals surface area contributed by atoms with Gasteiger partial charge in [-0.25, -0.2) is 4.39 Å². The molecule has 2 fully saturated rings. The minimum atomic E-state index is -0.111. The second kappa shape index (κ2) is 4.77. The highest BCUT2D eigenvalue weighted by Crippen LogP contribution is 2.38. The minimum Gasteiger partial charge on any atom is -0.313 e. The fourth-order valence-electron chi connectivity index (χ4n) is 3.63. The van der Waals surface area contributed by atoms with Crippen LogP contribution in [0.5, 0.6) is 0 Å². The van der Waals surface area contributed by atoms with Crippen LogP contribution in [0.25, 0.3) is 0 Å². The molecular formula is C15H20FN. The molecule has 3 unspecified atom stereocenters. The Kier molecular flexibility index (Phi) is 3.15. The minimum absolute atomic E-state index is 0.111. The zero-order chi connectivity index (χ0) is 11.7. The zero-order valence-corrected chi connectivity index (χ0v) is 10.2. The highest BCUT2D eigenvalue weighted by atomic mass is 19.1. The predicted octanol–water partition coefficient (Wildman–Crippen LogP) is 3.15. The van der Waals surface area contributed by atoms with Gasteiger partial charge in [0.05, 0.1) is 0 Å². The highest BCUT2D eigenvalue weighted by molar-refractivity contribution is 5.16. The van der Waals surface area contributed by atoms with Gasteiger partial charge in [0.2, 0.25) is 0 Å². The number of fused-ring (bicyclic) bond motifs is 1. The van der Waals surface area contributed by atoms with E-state index in [0.717, 1.165) is 30.2 Å². The van der Waals surface area contributed by atoms with Crippen molar-refractivity contribution in [2.45, 2.75) is 38.1 Å². The fraction of sp³-hybridized carbons (Fsp3) is 0.600. The Labute approximate surface area is 102 Å². The molecule has 0 aromatic heterocycles. The Morgan fingerprint density at radius 1 is 1.29 bits per heavy atom. The number of benzene rings is 1. The predicted molar refractivity (Wildman–Crippen MR) is 67.3 cm³/mol. The van der Waals surface area contributed by atoms with Gasteiger partial charge in [-0.15, -0.1) is 0 Å². The van der Waals surface area contributed by atoms with Gasteiger partial charge in [0.15, 0.2) is 0 Å². The lowest BCUT2D eigenvalue weighted by atomic mass is 9.90. The molecule has 1 aliphatic heterocycles. The van der Waals surface area contributed by atoms with E-state index in [1.807, 2.05) is 12.1 Å². The summed E-state index contributed by atoms with van der Waals surface area (Å²) in [5.41, 5.74) is 1.13. The molecule has 0 spiro atoms. The van der Waals surface area contributed by atoms with Crippen LogP contribution in [0.4, 0.5) is 4.39 Å². The summed E-state index contributed by atoms with van der Waals surface area (Å²) >= 11 is 0. The van der Waals surface area contributed by atoms with Crippen molar-refractivity contribution in [3.8, 4) is 0 Å². The third kappa shape index (κ3) is 2.37. The van der Waals surface area contributed by atoms with Gasteiger partial charge in [-0.3, -0.25) is 0 Å². The van der Waals surface area contributed by atoms with Crippen LogP contribution in [0, 0.1) is 17.7 Å². The summed E-state index contributed by atoms with van der Waals surface area (Å²) in [5, 5.41) is 3.65. The maximum absolute atomic E-state index is 13.1. The number of aryl methyl sites for hydroxylation is 1. The van der Waals surface area contributed by atoms with Gasteiger partial charge in [0.1, 0.15) is 5.82 Å². The van der Waals surface area contributed by atoms with Crippen molar-refractivity contribution in [1.82, 2.24) is 5.32 Å². The molecule has 0 bridgehead atoms. The lowest BCUT2D eigenvalue weighted by molar-refractivity contribution is 0.393. The number of halogens is 1. The van der Waals surface area contributed by atoms with E-state index in [1.165, 1.54) is 31.9 Å². The molecule has 1 heterocycles. The van der Waals surface area contributed by atoms with Gasteiger partial charge in [-0.2, -0.15) is 0 Å². The van der Waals surface area contributed by atoms with Crippen LogP contribution < -0.4 is 5.32 Å². The van der Waals surface area contributed by atoms with E-state index in [1.54, 1.807) is 6.07 Å². The van der Waals surface area contributed by atoms with Crippen molar-refractivity contribution >= 4 is 0 Å². The molecule has 3 rings (SSSR count). The van der Waals surface area contributed by atoms with Crippen molar-refractivity contribution < 1.29 is 4.39 Å². The molecule has 1 saturated heterocycles. The molecule has 1 aromatic rings. The monoisotopic (exact) mass is 233 g/mol. The first-order chi connectivity index (χ1) is 8.33. The number of hydrogen-bond acceptors (Lipinski definition) is 1. The first kappa shape index (κ1) is 11.2.